The number of hydrogen-bond donors (Lipinski definition) is 0. The summed E-state index contributed by atoms with van der Waals surface area (Å²) in [6.45, 7) is 6.70. The zero-order valence-corrected chi connectivity index (χ0v) is 54.8. The molecule has 0 aromatic rings. The highest BCUT2D eigenvalue weighted by Crippen LogP contribution is 2.19. The number of esters is 3. The van der Waals surface area contributed by atoms with E-state index in [0.29, 0.717) is 19.3 Å². The molecule has 0 saturated carbocycles. The molecule has 0 aromatic carbocycles. The van der Waals surface area contributed by atoms with E-state index in [0.717, 1.165) is 64.2 Å². The summed E-state index contributed by atoms with van der Waals surface area (Å²) in [5.74, 6) is -0.840. The summed E-state index contributed by atoms with van der Waals surface area (Å²) in [6.07, 6.45) is 87.4. The van der Waals surface area contributed by atoms with Gasteiger partial charge < -0.3 is 14.2 Å². The molecule has 0 radical (unpaired) electrons. The molecule has 0 spiro atoms. The Morgan fingerprint density at radius 1 is 0.247 bits per heavy atom. The maximum atomic E-state index is 13.0. The van der Waals surface area contributed by atoms with Gasteiger partial charge in [0.25, 0.3) is 0 Å². The maximum absolute atomic E-state index is 13.0. The van der Waals surface area contributed by atoms with Crippen LogP contribution < -0.4 is 0 Å². The lowest BCUT2D eigenvalue weighted by Crippen LogP contribution is -2.30. The largest absolute Gasteiger partial charge is 0.462 e. The highest BCUT2D eigenvalue weighted by atomic mass is 16.6. The van der Waals surface area contributed by atoms with Crippen LogP contribution >= 0.6 is 0 Å². The highest BCUT2D eigenvalue weighted by molar-refractivity contribution is 5.71. The van der Waals surface area contributed by atoms with Crippen molar-refractivity contribution in [2.24, 2.45) is 0 Å². The average Bonchev–Trinajstić information content (AvgIpc) is 3.47. The monoisotopic (exact) mass is 1140 g/mol. The summed E-state index contributed by atoms with van der Waals surface area (Å²) in [5, 5.41) is 0. The first-order chi connectivity index (χ1) is 40.0. The molecule has 0 bridgehead atoms. The molecule has 1 unspecified atom stereocenters. The summed E-state index contributed by atoms with van der Waals surface area (Å²) in [7, 11) is 0. The lowest BCUT2D eigenvalue weighted by atomic mass is 10.0. The van der Waals surface area contributed by atoms with Crippen LogP contribution in [0.2, 0.25) is 0 Å². The number of carbonyl (C=O) groups excluding carboxylic acids is 3. The second-order valence-electron chi connectivity index (χ2n) is 24.9. The van der Waals surface area contributed by atoms with Crippen LogP contribution in [-0.2, 0) is 28.6 Å². The third-order valence-corrected chi connectivity index (χ3v) is 16.6. The molecule has 0 aliphatic heterocycles. The van der Waals surface area contributed by atoms with Crippen LogP contribution in [0.3, 0.4) is 0 Å². The van der Waals surface area contributed by atoms with Gasteiger partial charge in [-0.05, 0) is 77.0 Å². The third-order valence-electron chi connectivity index (χ3n) is 16.6. The molecule has 81 heavy (non-hydrogen) atoms. The number of carbonyl (C=O) groups is 3. The van der Waals surface area contributed by atoms with Crippen LogP contribution in [0.15, 0.2) is 36.5 Å². The van der Waals surface area contributed by atoms with Gasteiger partial charge in [-0.2, -0.15) is 0 Å². The molecule has 0 rings (SSSR count). The Morgan fingerprint density at radius 3 is 0.716 bits per heavy atom. The summed E-state index contributed by atoms with van der Waals surface area (Å²) in [6, 6.07) is 0. The Balaban J connectivity index is 4.29. The summed E-state index contributed by atoms with van der Waals surface area (Å²) in [5.41, 5.74) is 0. The molecule has 476 valence electrons. The second kappa shape index (κ2) is 70.1. The van der Waals surface area contributed by atoms with Gasteiger partial charge in [-0.3, -0.25) is 14.4 Å². The predicted molar refractivity (Wildman–Crippen MR) is 353 cm³/mol. The van der Waals surface area contributed by atoms with Gasteiger partial charge in [0.15, 0.2) is 6.10 Å². The Morgan fingerprint density at radius 2 is 0.444 bits per heavy atom. The van der Waals surface area contributed by atoms with E-state index >= 15 is 0 Å². The standard InChI is InChI=1S/C75H140O6/c1-4-7-10-13-16-19-22-25-28-31-34-35-36-37-38-39-42-44-47-50-53-56-59-62-65-68-74(77)80-71-72(81-75(78)69-66-63-60-57-54-51-48-45-41-33-30-27-24-21-18-15-12-9-6-3)70-79-73(76)67-64-61-58-55-52-49-46-43-40-32-29-26-23-20-17-14-11-8-5-2/h18,21,27,30-31,34,72H,4-17,19-20,22-26,28-29,32-33,35-71H2,1-3H3/b21-18-,30-27-,34-31-. The highest BCUT2D eigenvalue weighted by Gasteiger charge is 2.19. The van der Waals surface area contributed by atoms with E-state index < -0.39 is 6.10 Å². The van der Waals surface area contributed by atoms with E-state index in [4.69, 9.17) is 14.2 Å². The minimum absolute atomic E-state index is 0.0683. The van der Waals surface area contributed by atoms with E-state index in [9.17, 15) is 14.4 Å². The van der Waals surface area contributed by atoms with Gasteiger partial charge in [0.05, 0.1) is 0 Å². The second-order valence-corrected chi connectivity index (χ2v) is 24.9. The Hall–Kier alpha value is -2.37. The minimum Gasteiger partial charge on any atom is -0.462 e. The normalized spacial score (nSPS) is 12.2. The van der Waals surface area contributed by atoms with Crippen LogP contribution in [0, 0.1) is 0 Å². The van der Waals surface area contributed by atoms with E-state index in [-0.39, 0.29) is 31.1 Å². The zero-order valence-electron chi connectivity index (χ0n) is 54.8. The molecule has 6 nitrogen and oxygen atoms in total. The van der Waals surface area contributed by atoms with Crippen molar-refractivity contribution in [3.63, 3.8) is 0 Å². The Labute approximate surface area is 506 Å². The number of unbranched alkanes of at least 4 members (excludes halogenated alkanes) is 51. The first-order valence-electron chi connectivity index (χ1n) is 36.5. The topological polar surface area (TPSA) is 78.9 Å². The molecule has 0 heterocycles. The van der Waals surface area contributed by atoms with E-state index in [1.165, 1.54) is 302 Å². The molecule has 0 aliphatic carbocycles. The Bertz CT molecular complexity index is 1350. The Kier molecular flexibility index (Phi) is 68.1. The smallest absolute Gasteiger partial charge is 0.306 e. The zero-order chi connectivity index (χ0) is 58.5. The summed E-state index contributed by atoms with van der Waals surface area (Å²) >= 11 is 0. The quantitative estimate of drug-likeness (QED) is 0.0261. The van der Waals surface area contributed by atoms with Gasteiger partial charge in [-0.25, -0.2) is 0 Å². The minimum atomic E-state index is -0.773. The molecular formula is C75H140O6. The fraction of sp³-hybridized carbons (Fsp3) is 0.880. The van der Waals surface area contributed by atoms with Gasteiger partial charge in [0.1, 0.15) is 13.2 Å². The van der Waals surface area contributed by atoms with Crippen molar-refractivity contribution >= 4 is 17.9 Å². The molecule has 0 amide bonds. The van der Waals surface area contributed by atoms with Gasteiger partial charge in [-0.15, -0.1) is 0 Å². The molecule has 1 atom stereocenters. The molecule has 0 aromatic heterocycles. The molecule has 0 N–H and O–H groups in total. The molecule has 6 heteroatoms. The van der Waals surface area contributed by atoms with E-state index in [1.807, 2.05) is 0 Å². The van der Waals surface area contributed by atoms with Crippen LogP contribution in [-0.4, -0.2) is 37.2 Å². The van der Waals surface area contributed by atoms with Crippen LogP contribution in [0.25, 0.3) is 0 Å². The van der Waals surface area contributed by atoms with Crippen LogP contribution in [0.5, 0.6) is 0 Å². The van der Waals surface area contributed by atoms with Crippen molar-refractivity contribution in [1.29, 1.82) is 0 Å². The molecule has 0 fully saturated rings. The number of hydrogen-bond acceptors (Lipinski definition) is 6. The van der Waals surface area contributed by atoms with Crippen LogP contribution in [0.1, 0.15) is 406 Å². The van der Waals surface area contributed by atoms with Crippen molar-refractivity contribution in [2.75, 3.05) is 13.2 Å². The van der Waals surface area contributed by atoms with Crippen molar-refractivity contribution in [2.45, 2.75) is 412 Å². The van der Waals surface area contributed by atoms with Crippen LogP contribution in [0.4, 0.5) is 0 Å². The van der Waals surface area contributed by atoms with Gasteiger partial charge in [0, 0.05) is 19.3 Å². The van der Waals surface area contributed by atoms with Crippen molar-refractivity contribution in [3.8, 4) is 0 Å². The van der Waals surface area contributed by atoms with Crippen molar-refractivity contribution in [1.82, 2.24) is 0 Å². The predicted octanol–water partition coefficient (Wildman–Crippen LogP) is 25.1. The van der Waals surface area contributed by atoms with Gasteiger partial charge in [0.2, 0.25) is 0 Å². The molecular weight excluding hydrogens is 997 g/mol. The maximum Gasteiger partial charge on any atom is 0.306 e. The third kappa shape index (κ3) is 68.3. The van der Waals surface area contributed by atoms with Crippen molar-refractivity contribution in [3.05, 3.63) is 36.5 Å². The SMILES string of the molecule is CCCCC/C=C\C/C=C\CCCCCCCCCCCC(=O)OC(COC(=O)CCCCCCCCCCCCCCC/C=C\CCCCCCCCCC)COC(=O)CCCCCCCCCCCCCCCCCCCCC. The van der Waals surface area contributed by atoms with Crippen molar-refractivity contribution < 1.29 is 28.6 Å². The molecule has 0 aliphatic rings. The van der Waals surface area contributed by atoms with Gasteiger partial charge in [-0.1, -0.05) is 346 Å². The fourth-order valence-corrected chi connectivity index (χ4v) is 11.1. The summed E-state index contributed by atoms with van der Waals surface area (Å²) < 4.78 is 17.0. The average molecular weight is 1140 g/mol. The lowest BCUT2D eigenvalue weighted by molar-refractivity contribution is -0.167. The number of ether oxygens (including phenoxy) is 3. The molecule has 0 saturated heterocycles. The number of rotatable bonds is 68. The van der Waals surface area contributed by atoms with E-state index in [1.54, 1.807) is 0 Å². The number of allylic oxidation sites excluding steroid dienone is 6. The van der Waals surface area contributed by atoms with E-state index in [2.05, 4.69) is 57.2 Å². The summed E-state index contributed by atoms with van der Waals surface area (Å²) in [4.78, 5) is 38.5. The lowest BCUT2D eigenvalue weighted by Gasteiger charge is -2.18. The van der Waals surface area contributed by atoms with Gasteiger partial charge >= 0.3 is 17.9 Å². The fourth-order valence-electron chi connectivity index (χ4n) is 11.1. The first-order valence-corrected chi connectivity index (χ1v) is 36.5. The first kappa shape index (κ1) is 78.6.